The normalized spacial score (nSPS) is 19.1. The Hall–Kier alpha value is -2.55. The minimum atomic E-state index is 0. The van der Waals surface area contributed by atoms with Crippen molar-refractivity contribution in [3.63, 3.8) is 0 Å². The summed E-state index contributed by atoms with van der Waals surface area (Å²) in [5, 5.41) is 7.00. The Kier molecular flexibility index (Phi) is 7.11. The van der Waals surface area contributed by atoms with Gasteiger partial charge in [0, 0.05) is 43.8 Å². The Bertz CT molecular complexity index is 989. The van der Waals surface area contributed by atoms with Gasteiger partial charge in [-0.2, -0.15) is 0 Å². The van der Waals surface area contributed by atoms with Crippen molar-refractivity contribution >= 4 is 35.1 Å². The number of pyridine rings is 2. The molecule has 0 amide bonds. The van der Waals surface area contributed by atoms with Gasteiger partial charge in [-0.3, -0.25) is 4.98 Å². The highest BCUT2D eigenvalue weighted by Crippen LogP contribution is 2.26. The van der Waals surface area contributed by atoms with Gasteiger partial charge in [-0.15, -0.1) is 12.4 Å². The monoisotopic (exact) mass is 441 g/mol. The van der Waals surface area contributed by atoms with Gasteiger partial charge in [-0.05, 0) is 50.0 Å². The second kappa shape index (κ2) is 10.2. The van der Waals surface area contributed by atoms with E-state index >= 15 is 0 Å². The molecule has 0 spiro atoms. The number of fused-ring (bicyclic) bond motifs is 1. The molecule has 31 heavy (non-hydrogen) atoms. The number of hydrogen-bond donors (Lipinski definition) is 2. The molecule has 3 aromatic heterocycles. The van der Waals surface area contributed by atoms with Gasteiger partial charge >= 0.3 is 0 Å². The number of anilines is 2. The van der Waals surface area contributed by atoms with Crippen molar-refractivity contribution in [3.8, 4) is 11.3 Å². The second-order valence-electron chi connectivity index (χ2n) is 7.88. The predicted molar refractivity (Wildman–Crippen MR) is 125 cm³/mol. The molecule has 0 unspecified atom stereocenters. The van der Waals surface area contributed by atoms with E-state index in [0.717, 1.165) is 79.9 Å². The molecule has 1 atom stereocenters. The Balaban J connectivity index is 0.00000231. The summed E-state index contributed by atoms with van der Waals surface area (Å²) in [7, 11) is 0. The van der Waals surface area contributed by atoms with Crippen LogP contribution in [0.25, 0.3) is 22.3 Å². The Morgan fingerprint density at radius 2 is 2.00 bits per heavy atom. The molecule has 0 saturated carbocycles. The topological polar surface area (TPSA) is 88.1 Å². The molecule has 0 aromatic carbocycles. The van der Waals surface area contributed by atoms with Gasteiger partial charge in [0.25, 0.3) is 0 Å². The zero-order valence-corrected chi connectivity index (χ0v) is 18.3. The fourth-order valence-corrected chi connectivity index (χ4v) is 4.10. The summed E-state index contributed by atoms with van der Waals surface area (Å²) in [5.74, 6) is 2.37. The average Bonchev–Trinajstić information content (AvgIpc) is 2.84. The molecule has 9 heteroatoms. The maximum Gasteiger partial charge on any atom is 0.154 e. The quantitative estimate of drug-likeness (QED) is 0.624. The smallest absolute Gasteiger partial charge is 0.154 e. The number of rotatable bonds is 5. The number of hydrogen-bond acceptors (Lipinski definition) is 8. The van der Waals surface area contributed by atoms with E-state index in [0.29, 0.717) is 5.92 Å². The number of piperidine rings is 1. The highest BCUT2D eigenvalue weighted by molar-refractivity contribution is 5.88. The summed E-state index contributed by atoms with van der Waals surface area (Å²) in [4.78, 5) is 20.8. The highest BCUT2D eigenvalue weighted by Gasteiger charge is 2.16. The summed E-state index contributed by atoms with van der Waals surface area (Å²) >= 11 is 0. The fourth-order valence-electron chi connectivity index (χ4n) is 4.10. The lowest BCUT2D eigenvalue weighted by atomic mass is 10.00. The zero-order valence-electron chi connectivity index (χ0n) is 17.5. The van der Waals surface area contributed by atoms with Crippen LogP contribution in [0.1, 0.15) is 12.8 Å². The van der Waals surface area contributed by atoms with Crippen LogP contribution in [0.2, 0.25) is 0 Å². The van der Waals surface area contributed by atoms with Crippen LogP contribution >= 0.6 is 12.4 Å². The summed E-state index contributed by atoms with van der Waals surface area (Å²) in [5.41, 5.74) is 3.47. The van der Waals surface area contributed by atoms with Crippen LogP contribution in [-0.2, 0) is 4.74 Å². The van der Waals surface area contributed by atoms with Gasteiger partial charge in [0.2, 0.25) is 0 Å². The molecular formula is C22H28ClN7O. The fraction of sp³-hybridized carbons (Fsp3) is 0.455. The Morgan fingerprint density at radius 3 is 2.77 bits per heavy atom. The summed E-state index contributed by atoms with van der Waals surface area (Å²) in [6.45, 7) is 6.29. The standard InChI is InChI=1S/C22H27N7O.ClH/c1-2-16(13-23-5-1)14-27-22-21-19(24-6-7-25-21)12-18(28-22)17-3-4-20(26-15-17)29-8-10-30-11-9-29;/h3-4,6-7,12,15-16,23H,1-2,5,8-11,13-14H2,(H,27,28);1H/t16-;/m0./s1. The molecule has 2 saturated heterocycles. The van der Waals surface area contributed by atoms with Gasteiger partial charge in [0.1, 0.15) is 11.3 Å². The molecule has 2 fully saturated rings. The van der Waals surface area contributed by atoms with Crippen molar-refractivity contribution in [2.24, 2.45) is 5.92 Å². The molecule has 5 heterocycles. The molecule has 2 aliphatic heterocycles. The first kappa shape index (κ1) is 21.7. The van der Waals surface area contributed by atoms with Gasteiger partial charge in [0.15, 0.2) is 5.82 Å². The molecule has 164 valence electrons. The molecule has 5 rings (SSSR count). The first-order chi connectivity index (χ1) is 14.9. The van der Waals surface area contributed by atoms with E-state index in [1.165, 1.54) is 12.8 Å². The first-order valence-electron chi connectivity index (χ1n) is 10.7. The average molecular weight is 442 g/mol. The SMILES string of the molecule is Cl.c1cnc2c(NC[C@H]3CCCNC3)nc(-c3ccc(N4CCOCC4)nc3)cc2n1. The molecule has 2 N–H and O–H groups in total. The third-order valence-corrected chi connectivity index (χ3v) is 5.79. The molecule has 2 aliphatic rings. The van der Waals surface area contributed by atoms with E-state index in [1.807, 2.05) is 12.3 Å². The number of halogens is 1. The highest BCUT2D eigenvalue weighted by atomic mass is 35.5. The lowest BCUT2D eigenvalue weighted by Gasteiger charge is -2.27. The van der Waals surface area contributed by atoms with Crippen LogP contribution in [0.4, 0.5) is 11.6 Å². The van der Waals surface area contributed by atoms with Crippen LogP contribution in [0.15, 0.2) is 36.8 Å². The lowest BCUT2D eigenvalue weighted by molar-refractivity contribution is 0.122. The van der Waals surface area contributed by atoms with Crippen LogP contribution in [0.3, 0.4) is 0 Å². The predicted octanol–water partition coefficient (Wildman–Crippen LogP) is 2.76. The Morgan fingerprint density at radius 1 is 1.13 bits per heavy atom. The molecule has 3 aromatic rings. The van der Waals surface area contributed by atoms with E-state index in [4.69, 9.17) is 9.72 Å². The van der Waals surface area contributed by atoms with E-state index < -0.39 is 0 Å². The van der Waals surface area contributed by atoms with Crippen LogP contribution in [0, 0.1) is 5.92 Å². The van der Waals surface area contributed by atoms with Crippen molar-refractivity contribution in [2.45, 2.75) is 12.8 Å². The number of morpholine rings is 1. The molecule has 0 radical (unpaired) electrons. The van der Waals surface area contributed by atoms with Crippen molar-refractivity contribution in [1.82, 2.24) is 25.3 Å². The van der Waals surface area contributed by atoms with Crippen molar-refractivity contribution in [1.29, 1.82) is 0 Å². The summed E-state index contributed by atoms with van der Waals surface area (Å²) in [6.07, 6.45) is 7.79. The van der Waals surface area contributed by atoms with Gasteiger partial charge in [-0.25, -0.2) is 15.0 Å². The van der Waals surface area contributed by atoms with Crippen LogP contribution in [-0.4, -0.2) is 65.9 Å². The van der Waals surface area contributed by atoms with Crippen LogP contribution < -0.4 is 15.5 Å². The van der Waals surface area contributed by atoms with Crippen molar-refractivity contribution in [2.75, 3.05) is 56.2 Å². The van der Waals surface area contributed by atoms with Gasteiger partial charge in [0.05, 0.1) is 24.4 Å². The molecule has 0 aliphatic carbocycles. The third-order valence-electron chi connectivity index (χ3n) is 5.79. The molecular weight excluding hydrogens is 414 g/mol. The molecule has 8 nitrogen and oxygen atoms in total. The number of ether oxygens (including phenoxy) is 1. The Labute approximate surface area is 188 Å². The van der Waals surface area contributed by atoms with E-state index in [2.05, 4.69) is 42.6 Å². The largest absolute Gasteiger partial charge is 0.378 e. The van der Waals surface area contributed by atoms with Crippen molar-refractivity contribution < 1.29 is 4.74 Å². The van der Waals surface area contributed by atoms with Gasteiger partial charge < -0.3 is 20.3 Å². The maximum absolute atomic E-state index is 5.43. The lowest BCUT2D eigenvalue weighted by Crippen LogP contribution is -2.36. The number of nitrogens with one attached hydrogen (secondary N) is 2. The van der Waals surface area contributed by atoms with Crippen LogP contribution in [0.5, 0.6) is 0 Å². The molecule has 0 bridgehead atoms. The van der Waals surface area contributed by atoms with E-state index in [1.54, 1.807) is 12.4 Å². The number of aromatic nitrogens is 4. The maximum atomic E-state index is 5.43. The third kappa shape index (κ3) is 5.03. The van der Waals surface area contributed by atoms with E-state index in [-0.39, 0.29) is 12.4 Å². The van der Waals surface area contributed by atoms with Gasteiger partial charge in [-0.1, -0.05) is 0 Å². The minimum absolute atomic E-state index is 0. The summed E-state index contributed by atoms with van der Waals surface area (Å²) < 4.78 is 5.43. The first-order valence-corrected chi connectivity index (χ1v) is 10.7. The van der Waals surface area contributed by atoms with Crippen molar-refractivity contribution in [3.05, 3.63) is 36.8 Å². The number of nitrogens with zero attached hydrogens (tertiary/aromatic N) is 5. The van der Waals surface area contributed by atoms with E-state index in [9.17, 15) is 0 Å². The zero-order chi connectivity index (χ0) is 20.2. The minimum Gasteiger partial charge on any atom is -0.378 e. The summed E-state index contributed by atoms with van der Waals surface area (Å²) in [6, 6.07) is 6.13. The second-order valence-corrected chi connectivity index (χ2v) is 7.88.